The topological polar surface area (TPSA) is 111 Å². The van der Waals surface area contributed by atoms with Crippen LogP contribution in [0.4, 0.5) is 11.4 Å². The lowest BCUT2D eigenvalue weighted by Crippen LogP contribution is -2.43. The first-order valence-corrected chi connectivity index (χ1v) is 11.4. The standard InChI is InChI=1S/C24H24BrN3O5/c1-22(2)23(3)11-12-24(22,21(30)26-17-5-4-6-18(13-17)28(31)32)14-19(23)27-33-20(29)15-7-9-16(25)10-8-15/h4-10,13H,11-12,14H2,1-3H3,(H,26,30). The number of anilines is 1. The third-order valence-corrected chi connectivity index (χ3v) is 8.33. The lowest BCUT2D eigenvalue weighted by Gasteiger charge is -2.39. The maximum atomic E-state index is 13.5. The Morgan fingerprint density at radius 1 is 1.12 bits per heavy atom. The van der Waals surface area contributed by atoms with E-state index in [-0.39, 0.29) is 11.6 Å². The second-order valence-electron chi connectivity index (χ2n) is 9.40. The minimum absolute atomic E-state index is 0.0886. The van der Waals surface area contributed by atoms with Crippen LogP contribution in [0.3, 0.4) is 0 Å². The summed E-state index contributed by atoms with van der Waals surface area (Å²) in [6.07, 6.45) is 1.72. The number of carbonyl (C=O) groups is 2. The number of fused-ring (bicyclic) bond motifs is 2. The molecule has 2 bridgehead atoms. The van der Waals surface area contributed by atoms with Crippen LogP contribution < -0.4 is 5.32 Å². The molecule has 2 fully saturated rings. The zero-order valence-corrected chi connectivity index (χ0v) is 20.1. The Balaban J connectivity index is 1.58. The van der Waals surface area contributed by atoms with Crippen LogP contribution in [0, 0.1) is 26.4 Å². The normalized spacial score (nSPS) is 26.2. The van der Waals surface area contributed by atoms with Crippen LogP contribution in [-0.2, 0) is 9.63 Å². The second-order valence-corrected chi connectivity index (χ2v) is 10.3. The van der Waals surface area contributed by atoms with Crippen molar-refractivity contribution in [2.24, 2.45) is 21.4 Å². The number of hydrogen-bond donors (Lipinski definition) is 1. The average Bonchev–Trinajstić information content (AvgIpc) is 3.09. The number of nitro groups is 1. The third-order valence-electron chi connectivity index (χ3n) is 7.80. The number of hydrogen-bond acceptors (Lipinski definition) is 6. The molecule has 2 aromatic rings. The van der Waals surface area contributed by atoms with Gasteiger partial charge in [-0.05, 0) is 48.6 Å². The van der Waals surface area contributed by atoms with Crippen molar-refractivity contribution < 1.29 is 19.3 Å². The Morgan fingerprint density at radius 3 is 2.48 bits per heavy atom. The zero-order chi connectivity index (χ0) is 24.0. The first-order chi connectivity index (χ1) is 15.5. The molecule has 2 atom stereocenters. The molecule has 2 aromatic carbocycles. The summed E-state index contributed by atoms with van der Waals surface area (Å²) in [5.41, 5.74) is -0.309. The van der Waals surface area contributed by atoms with E-state index in [0.29, 0.717) is 29.8 Å². The Kier molecular flexibility index (Phi) is 5.64. The number of nitro benzene ring substituents is 1. The summed E-state index contributed by atoms with van der Waals surface area (Å²) in [6.45, 7) is 6.12. The second kappa shape index (κ2) is 8.06. The van der Waals surface area contributed by atoms with Crippen molar-refractivity contribution in [3.63, 3.8) is 0 Å². The van der Waals surface area contributed by atoms with Crippen molar-refractivity contribution in [1.29, 1.82) is 0 Å². The molecule has 0 spiro atoms. The van der Waals surface area contributed by atoms with Crippen LogP contribution in [0.15, 0.2) is 58.2 Å². The highest BCUT2D eigenvalue weighted by atomic mass is 79.9. The van der Waals surface area contributed by atoms with E-state index in [1.165, 1.54) is 12.1 Å². The molecule has 0 aromatic heterocycles. The van der Waals surface area contributed by atoms with E-state index in [1.54, 1.807) is 36.4 Å². The molecule has 4 rings (SSSR count). The molecule has 9 heteroatoms. The molecule has 0 aliphatic heterocycles. The van der Waals surface area contributed by atoms with Crippen molar-refractivity contribution in [2.75, 3.05) is 5.32 Å². The Morgan fingerprint density at radius 2 is 1.82 bits per heavy atom. The van der Waals surface area contributed by atoms with Gasteiger partial charge in [0.2, 0.25) is 5.91 Å². The van der Waals surface area contributed by atoms with Crippen molar-refractivity contribution >= 4 is 44.9 Å². The van der Waals surface area contributed by atoms with Gasteiger partial charge in [-0.1, -0.05) is 47.9 Å². The minimum atomic E-state index is -0.769. The lowest BCUT2D eigenvalue weighted by atomic mass is 9.64. The van der Waals surface area contributed by atoms with Gasteiger partial charge in [-0.2, -0.15) is 0 Å². The van der Waals surface area contributed by atoms with Gasteiger partial charge in [0.1, 0.15) is 0 Å². The summed E-state index contributed by atoms with van der Waals surface area (Å²) in [5, 5.41) is 18.2. The first-order valence-electron chi connectivity index (χ1n) is 10.6. The number of rotatable bonds is 5. The molecule has 1 amide bonds. The smallest absolute Gasteiger partial charge is 0.325 e. The molecule has 8 nitrogen and oxygen atoms in total. The highest BCUT2D eigenvalue weighted by Gasteiger charge is 2.71. The third kappa shape index (κ3) is 3.64. The Labute approximate surface area is 199 Å². The summed E-state index contributed by atoms with van der Waals surface area (Å²) in [4.78, 5) is 41.8. The van der Waals surface area contributed by atoms with Crippen LogP contribution >= 0.6 is 15.9 Å². The van der Waals surface area contributed by atoms with Crippen LogP contribution in [0.2, 0.25) is 0 Å². The molecule has 172 valence electrons. The molecule has 0 radical (unpaired) electrons. The van der Waals surface area contributed by atoms with Gasteiger partial charge >= 0.3 is 5.97 Å². The summed E-state index contributed by atoms with van der Waals surface area (Å²) < 4.78 is 0.851. The molecule has 2 unspecified atom stereocenters. The number of non-ortho nitro benzene ring substituents is 1. The van der Waals surface area contributed by atoms with Crippen molar-refractivity contribution in [1.82, 2.24) is 0 Å². The van der Waals surface area contributed by atoms with Gasteiger partial charge in [0.15, 0.2) is 0 Å². The largest absolute Gasteiger partial charge is 0.365 e. The molecular weight excluding hydrogens is 490 g/mol. The number of amides is 1. The van der Waals surface area contributed by atoms with Gasteiger partial charge in [0.25, 0.3) is 5.69 Å². The van der Waals surface area contributed by atoms with E-state index in [9.17, 15) is 19.7 Å². The van der Waals surface area contributed by atoms with Gasteiger partial charge in [-0.15, -0.1) is 0 Å². The summed E-state index contributed by atoms with van der Waals surface area (Å²) in [5.74, 6) is -0.768. The van der Waals surface area contributed by atoms with E-state index in [2.05, 4.69) is 33.3 Å². The highest BCUT2D eigenvalue weighted by molar-refractivity contribution is 9.10. The fourth-order valence-electron chi connectivity index (χ4n) is 5.21. The Hall–Kier alpha value is -3.07. The molecule has 2 saturated carbocycles. The molecule has 0 saturated heterocycles. The van der Waals surface area contributed by atoms with Crippen LogP contribution in [0.25, 0.3) is 0 Å². The van der Waals surface area contributed by atoms with Gasteiger partial charge in [-0.25, -0.2) is 4.79 Å². The summed E-state index contributed by atoms with van der Waals surface area (Å²) in [7, 11) is 0. The molecule has 33 heavy (non-hydrogen) atoms. The lowest BCUT2D eigenvalue weighted by molar-refractivity contribution is -0.384. The van der Waals surface area contributed by atoms with E-state index in [0.717, 1.165) is 10.9 Å². The number of nitrogens with zero attached hydrogens (tertiary/aromatic N) is 2. The van der Waals surface area contributed by atoms with Gasteiger partial charge in [-0.3, -0.25) is 14.9 Å². The van der Waals surface area contributed by atoms with Crippen LogP contribution in [-0.4, -0.2) is 22.5 Å². The number of carbonyl (C=O) groups excluding carboxylic acids is 2. The quantitative estimate of drug-likeness (QED) is 0.312. The average molecular weight is 514 g/mol. The van der Waals surface area contributed by atoms with Crippen LogP contribution in [0.5, 0.6) is 0 Å². The summed E-state index contributed by atoms with van der Waals surface area (Å²) in [6, 6.07) is 12.7. The predicted octanol–water partition coefficient (Wildman–Crippen LogP) is 5.73. The first kappa shape index (κ1) is 23.1. The number of benzene rings is 2. The van der Waals surface area contributed by atoms with Crippen molar-refractivity contribution in [3.05, 3.63) is 68.7 Å². The maximum Gasteiger partial charge on any atom is 0.365 e. The predicted molar refractivity (Wildman–Crippen MR) is 127 cm³/mol. The molecular formula is C24H24BrN3O5. The Bertz CT molecular complexity index is 1180. The van der Waals surface area contributed by atoms with E-state index in [1.807, 2.05) is 13.8 Å². The van der Waals surface area contributed by atoms with Gasteiger partial charge in [0, 0.05) is 34.1 Å². The van der Waals surface area contributed by atoms with E-state index < -0.39 is 27.1 Å². The summed E-state index contributed by atoms with van der Waals surface area (Å²) >= 11 is 3.33. The van der Waals surface area contributed by atoms with Crippen molar-refractivity contribution in [3.8, 4) is 0 Å². The van der Waals surface area contributed by atoms with Gasteiger partial charge in [0.05, 0.1) is 21.6 Å². The minimum Gasteiger partial charge on any atom is -0.325 e. The molecule has 2 aliphatic carbocycles. The maximum absolute atomic E-state index is 13.5. The fourth-order valence-corrected chi connectivity index (χ4v) is 5.47. The molecule has 0 heterocycles. The number of oxime groups is 1. The number of halogens is 1. The highest BCUT2D eigenvalue weighted by Crippen LogP contribution is 2.71. The van der Waals surface area contributed by atoms with Gasteiger partial charge < -0.3 is 10.2 Å². The molecule has 2 aliphatic rings. The van der Waals surface area contributed by atoms with E-state index in [4.69, 9.17) is 4.84 Å². The SMILES string of the molecule is CC12CCC(C(=O)Nc3cccc([N+](=O)[O-])c3)(CC1=NOC(=O)c1ccc(Br)cc1)C2(C)C. The van der Waals surface area contributed by atoms with Crippen molar-refractivity contribution in [2.45, 2.75) is 40.0 Å². The fraction of sp³-hybridized carbons (Fsp3) is 0.375. The number of nitrogens with one attached hydrogen (secondary N) is 1. The molecule has 1 N–H and O–H groups in total. The van der Waals surface area contributed by atoms with Crippen LogP contribution in [0.1, 0.15) is 50.4 Å². The monoisotopic (exact) mass is 513 g/mol. The van der Waals surface area contributed by atoms with E-state index >= 15 is 0 Å². The zero-order valence-electron chi connectivity index (χ0n) is 18.6.